The van der Waals surface area contributed by atoms with E-state index in [1.807, 2.05) is 13.1 Å². The molecule has 3 aromatic rings. The number of carbonyl (C=O) groups is 1. The number of hydrogen-bond donors (Lipinski definition) is 2. The van der Waals surface area contributed by atoms with Gasteiger partial charge in [-0.15, -0.1) is 0 Å². The molecule has 4 rings (SSSR count). The summed E-state index contributed by atoms with van der Waals surface area (Å²) in [7, 11) is 0. The van der Waals surface area contributed by atoms with Gasteiger partial charge in [0.2, 0.25) is 5.91 Å². The third-order valence-corrected chi connectivity index (χ3v) is 5.26. The van der Waals surface area contributed by atoms with Crippen molar-refractivity contribution in [1.29, 1.82) is 0 Å². The number of nitrogens with zero attached hydrogens (tertiary/aromatic N) is 3. The zero-order valence-corrected chi connectivity index (χ0v) is 15.8. The van der Waals surface area contributed by atoms with Crippen molar-refractivity contribution in [3.05, 3.63) is 41.6 Å². The van der Waals surface area contributed by atoms with Gasteiger partial charge in [0.1, 0.15) is 5.75 Å². The van der Waals surface area contributed by atoms with Gasteiger partial charge in [0.25, 0.3) is 0 Å². The number of phenols is 1. The van der Waals surface area contributed by atoms with Crippen LogP contribution in [0.1, 0.15) is 36.9 Å². The number of aromatic hydroxyl groups is 1. The number of benzene rings is 1. The predicted molar refractivity (Wildman–Crippen MR) is 100 cm³/mol. The zero-order chi connectivity index (χ0) is 20.9. The Kier molecular flexibility index (Phi) is 4.48. The highest BCUT2D eigenvalue weighted by molar-refractivity contribution is 5.81. The Morgan fingerprint density at radius 2 is 2.03 bits per heavy atom. The minimum Gasteiger partial charge on any atom is -0.507 e. The molecule has 9 heteroatoms. The summed E-state index contributed by atoms with van der Waals surface area (Å²) in [6, 6.07) is 5.03. The van der Waals surface area contributed by atoms with E-state index in [2.05, 4.69) is 15.4 Å². The van der Waals surface area contributed by atoms with Crippen LogP contribution in [0.5, 0.6) is 5.75 Å². The molecule has 2 atom stereocenters. The average molecular weight is 404 g/mol. The molecule has 1 aromatic carbocycles. The monoisotopic (exact) mass is 404 g/mol. The fourth-order valence-electron chi connectivity index (χ4n) is 3.81. The van der Waals surface area contributed by atoms with Crippen molar-refractivity contribution >= 4 is 16.9 Å². The fourth-order valence-corrected chi connectivity index (χ4v) is 3.81. The molecule has 152 valence electrons. The van der Waals surface area contributed by atoms with Crippen molar-refractivity contribution in [2.75, 3.05) is 0 Å². The van der Waals surface area contributed by atoms with E-state index in [9.17, 15) is 23.1 Å². The highest BCUT2D eigenvalue weighted by Crippen LogP contribution is 2.38. The molecule has 6 nitrogen and oxygen atoms in total. The number of phenolic OH excluding ortho intramolecular Hbond substituents is 1. The second-order valence-corrected chi connectivity index (χ2v) is 7.37. The molecular formula is C20H19F3N4O2. The predicted octanol–water partition coefficient (Wildman–Crippen LogP) is 3.97. The van der Waals surface area contributed by atoms with Crippen LogP contribution in [0.4, 0.5) is 13.2 Å². The van der Waals surface area contributed by atoms with E-state index < -0.39 is 17.5 Å². The molecule has 0 saturated carbocycles. The summed E-state index contributed by atoms with van der Waals surface area (Å²) in [5, 5.41) is 18.4. The molecule has 0 radical (unpaired) electrons. The van der Waals surface area contributed by atoms with Crippen LogP contribution in [0, 0.1) is 6.92 Å². The van der Waals surface area contributed by atoms with E-state index in [0.717, 1.165) is 11.5 Å². The Balaban J connectivity index is 1.73. The molecule has 0 unspecified atom stereocenters. The molecule has 1 amide bonds. The Morgan fingerprint density at radius 3 is 2.69 bits per heavy atom. The lowest BCUT2D eigenvalue weighted by molar-refractivity contribution is -0.137. The molecule has 2 aromatic heterocycles. The van der Waals surface area contributed by atoms with E-state index in [-0.39, 0.29) is 29.1 Å². The van der Waals surface area contributed by atoms with E-state index in [1.54, 1.807) is 16.8 Å². The van der Waals surface area contributed by atoms with Crippen LogP contribution in [0.15, 0.2) is 30.5 Å². The van der Waals surface area contributed by atoms with Gasteiger partial charge in [-0.2, -0.15) is 18.3 Å². The van der Waals surface area contributed by atoms with E-state index in [1.165, 1.54) is 6.92 Å². The number of fused-ring (bicyclic) bond motifs is 1. The lowest BCUT2D eigenvalue weighted by atomic mass is 9.99. The Bertz CT molecular complexity index is 1080. The fraction of sp³-hybridized carbons (Fsp3) is 0.350. The number of halogens is 3. The maximum atomic E-state index is 13.0. The van der Waals surface area contributed by atoms with Gasteiger partial charge >= 0.3 is 6.18 Å². The second kappa shape index (κ2) is 6.75. The highest BCUT2D eigenvalue weighted by Gasteiger charge is 2.32. The van der Waals surface area contributed by atoms with Crippen LogP contribution in [-0.2, 0) is 11.0 Å². The van der Waals surface area contributed by atoms with Crippen molar-refractivity contribution in [2.45, 2.75) is 44.9 Å². The van der Waals surface area contributed by atoms with Gasteiger partial charge in [0.15, 0.2) is 5.65 Å². The minimum absolute atomic E-state index is 0.00782. The van der Waals surface area contributed by atoms with Gasteiger partial charge in [-0.1, -0.05) is 0 Å². The van der Waals surface area contributed by atoms with E-state index >= 15 is 0 Å². The van der Waals surface area contributed by atoms with E-state index in [4.69, 9.17) is 0 Å². The van der Waals surface area contributed by atoms with Gasteiger partial charge in [-0.05, 0) is 50.1 Å². The first-order chi connectivity index (χ1) is 13.6. The Hall–Kier alpha value is -3.10. The van der Waals surface area contributed by atoms with Crippen molar-refractivity contribution < 1.29 is 23.1 Å². The summed E-state index contributed by atoms with van der Waals surface area (Å²) >= 11 is 0. The number of piperidine rings is 1. The maximum absolute atomic E-state index is 13.0. The van der Waals surface area contributed by atoms with Gasteiger partial charge in [0, 0.05) is 29.6 Å². The highest BCUT2D eigenvalue weighted by atomic mass is 19.4. The molecule has 0 bridgehead atoms. The summed E-state index contributed by atoms with van der Waals surface area (Å²) in [5.74, 6) is -0.466. The number of pyridine rings is 1. The molecule has 1 aliphatic heterocycles. The number of alkyl halides is 3. The van der Waals surface area contributed by atoms with Crippen LogP contribution in [0.25, 0.3) is 22.3 Å². The van der Waals surface area contributed by atoms with Crippen LogP contribution < -0.4 is 5.32 Å². The second-order valence-electron chi connectivity index (χ2n) is 7.37. The third kappa shape index (κ3) is 3.52. The third-order valence-electron chi connectivity index (χ3n) is 5.26. The van der Waals surface area contributed by atoms with Crippen molar-refractivity contribution in [1.82, 2.24) is 20.1 Å². The topological polar surface area (TPSA) is 80.0 Å². The zero-order valence-electron chi connectivity index (χ0n) is 15.8. The van der Waals surface area contributed by atoms with Crippen LogP contribution in [0.2, 0.25) is 0 Å². The molecule has 2 N–H and O–H groups in total. The molecule has 1 fully saturated rings. The molecule has 29 heavy (non-hydrogen) atoms. The summed E-state index contributed by atoms with van der Waals surface area (Å²) in [6.45, 7) is 3.41. The van der Waals surface area contributed by atoms with Gasteiger partial charge in [-0.3, -0.25) is 9.48 Å². The first-order valence-electron chi connectivity index (χ1n) is 9.20. The largest absolute Gasteiger partial charge is 0.507 e. The van der Waals surface area contributed by atoms with Crippen LogP contribution in [0.3, 0.4) is 0 Å². The summed E-state index contributed by atoms with van der Waals surface area (Å²) in [4.78, 5) is 16.0. The Morgan fingerprint density at radius 1 is 1.28 bits per heavy atom. The van der Waals surface area contributed by atoms with Crippen molar-refractivity contribution in [3.8, 4) is 17.0 Å². The normalized spacial score (nSPS) is 20.1. The molecule has 3 heterocycles. The number of nitrogens with one attached hydrogen (secondary N) is 1. The number of hydrogen-bond acceptors (Lipinski definition) is 4. The smallest absolute Gasteiger partial charge is 0.416 e. The van der Waals surface area contributed by atoms with Gasteiger partial charge in [0.05, 0.1) is 17.3 Å². The number of aryl methyl sites for hydroxylation is 1. The van der Waals surface area contributed by atoms with Gasteiger partial charge in [-0.25, -0.2) is 4.98 Å². The lowest BCUT2D eigenvalue weighted by Gasteiger charge is -2.29. The van der Waals surface area contributed by atoms with E-state index in [0.29, 0.717) is 30.2 Å². The maximum Gasteiger partial charge on any atom is 0.416 e. The number of amides is 1. The Labute approximate surface area is 164 Å². The average Bonchev–Trinajstić information content (AvgIpc) is 3.03. The summed E-state index contributed by atoms with van der Waals surface area (Å²) in [6.07, 6.45) is -1.62. The quantitative estimate of drug-likeness (QED) is 0.677. The lowest BCUT2D eigenvalue weighted by Crippen LogP contribution is -2.43. The SMILES string of the molecule is Cc1cc(C(F)(F)F)cc(O)c1-c1ccc2cn([C@H]3CCC(=O)N[C@@H]3C)nc2n1. The number of rotatable bonds is 2. The molecular weight excluding hydrogens is 385 g/mol. The van der Waals surface area contributed by atoms with Crippen molar-refractivity contribution in [2.24, 2.45) is 0 Å². The minimum atomic E-state index is -4.54. The first kappa shape index (κ1) is 19.2. The summed E-state index contributed by atoms with van der Waals surface area (Å²) < 4.78 is 40.6. The van der Waals surface area contributed by atoms with Crippen LogP contribution in [-0.4, -0.2) is 31.8 Å². The van der Waals surface area contributed by atoms with Crippen LogP contribution >= 0.6 is 0 Å². The number of aromatic nitrogens is 3. The molecule has 0 spiro atoms. The van der Waals surface area contributed by atoms with Gasteiger partial charge < -0.3 is 10.4 Å². The summed E-state index contributed by atoms with van der Waals surface area (Å²) in [5.41, 5.74) is 0.372. The molecule has 1 aliphatic rings. The molecule has 0 aliphatic carbocycles. The standard InChI is InChI=1S/C20H19F3N4O2/c1-10-7-13(20(21,22)23)8-16(28)18(10)14-4-3-12-9-27(26-19(12)25-14)15-5-6-17(29)24-11(15)2/h3-4,7-9,11,15,28H,5-6H2,1-2H3,(H,24,29)/t11-,15+/m1/s1. The van der Waals surface area contributed by atoms with Crippen molar-refractivity contribution in [3.63, 3.8) is 0 Å². The first-order valence-corrected chi connectivity index (χ1v) is 9.20. The number of carbonyl (C=O) groups excluding carboxylic acids is 1. The molecule has 1 saturated heterocycles.